The maximum absolute atomic E-state index is 12.9. The molecule has 0 saturated carbocycles. The van der Waals surface area contributed by atoms with Crippen LogP contribution < -0.4 is 5.56 Å². The van der Waals surface area contributed by atoms with Gasteiger partial charge in [-0.25, -0.2) is 0 Å². The van der Waals surface area contributed by atoms with E-state index in [9.17, 15) is 19.5 Å². The number of aromatic amines is 1. The summed E-state index contributed by atoms with van der Waals surface area (Å²) in [5.41, 5.74) is 0.985. The normalized spacial score (nSPS) is 20.1. The van der Waals surface area contributed by atoms with Gasteiger partial charge in [-0.1, -0.05) is 0 Å². The molecule has 1 unspecified atom stereocenters. The van der Waals surface area contributed by atoms with Crippen molar-refractivity contribution in [1.29, 1.82) is 0 Å². The van der Waals surface area contributed by atoms with Crippen LogP contribution in [-0.2, 0) is 0 Å². The minimum Gasteiger partial charge on any atom is -0.396 e. The molecule has 0 radical (unpaired) electrons. The first-order valence-electron chi connectivity index (χ1n) is 7.68. The standard InChI is InChI=1S/C17H18N2O5/c1-8-6-10(21)18-14-12(8)16(23)13-9(2)7-11(22)19(4-3-5-20)15(13)17(14)24/h6-7,11,20,22H,3-5H2,1-2H3,(H,18,21). The molecule has 1 aromatic heterocycles. The van der Waals surface area contributed by atoms with Gasteiger partial charge in [0, 0.05) is 19.2 Å². The first-order chi connectivity index (χ1) is 11.4. The number of pyridine rings is 1. The molecule has 126 valence electrons. The fraction of sp³-hybridized carbons (Fsp3) is 0.353. The summed E-state index contributed by atoms with van der Waals surface area (Å²) in [6, 6.07) is 1.29. The molecule has 7 heteroatoms. The number of carbonyl (C=O) groups is 2. The number of aryl methyl sites for hydroxylation is 1. The SMILES string of the molecule is CC1=CC(O)N(CCCO)C2=C1C(=O)c1c(C)cc(=O)[nH]c1C2=O. The molecule has 1 atom stereocenters. The van der Waals surface area contributed by atoms with Gasteiger partial charge in [0.15, 0.2) is 5.78 Å². The van der Waals surface area contributed by atoms with E-state index in [1.807, 2.05) is 0 Å². The summed E-state index contributed by atoms with van der Waals surface area (Å²) >= 11 is 0. The first-order valence-corrected chi connectivity index (χ1v) is 7.68. The van der Waals surface area contributed by atoms with Crippen molar-refractivity contribution in [2.45, 2.75) is 26.5 Å². The third-order valence-electron chi connectivity index (χ3n) is 4.33. The number of rotatable bonds is 3. The van der Waals surface area contributed by atoms with Crippen LogP contribution in [0.1, 0.15) is 39.8 Å². The number of carbonyl (C=O) groups excluding carboxylic acids is 2. The van der Waals surface area contributed by atoms with Gasteiger partial charge in [-0.15, -0.1) is 0 Å². The zero-order valence-electron chi connectivity index (χ0n) is 13.4. The zero-order valence-corrected chi connectivity index (χ0v) is 13.4. The molecular formula is C17H18N2O5. The number of hydrogen-bond donors (Lipinski definition) is 3. The Kier molecular flexibility index (Phi) is 3.98. The Morgan fingerprint density at radius 2 is 1.92 bits per heavy atom. The Balaban J connectivity index is 2.23. The number of Topliss-reactive ketones (excluding diaryl/α,β-unsaturated/α-hetero) is 2. The molecular weight excluding hydrogens is 312 g/mol. The second-order valence-corrected chi connectivity index (χ2v) is 5.98. The van der Waals surface area contributed by atoms with E-state index < -0.39 is 17.6 Å². The van der Waals surface area contributed by atoms with Crippen LogP contribution in [-0.4, -0.2) is 51.0 Å². The van der Waals surface area contributed by atoms with Gasteiger partial charge in [0.2, 0.25) is 11.3 Å². The fourth-order valence-corrected chi connectivity index (χ4v) is 3.27. The van der Waals surface area contributed by atoms with Gasteiger partial charge >= 0.3 is 0 Å². The van der Waals surface area contributed by atoms with Crippen LogP contribution in [0.2, 0.25) is 0 Å². The minimum absolute atomic E-state index is 0.0420. The van der Waals surface area contributed by atoms with Crippen molar-refractivity contribution in [3.05, 3.63) is 56.2 Å². The molecule has 3 rings (SSSR count). The number of ketones is 2. The Morgan fingerprint density at radius 1 is 1.21 bits per heavy atom. The molecule has 1 aromatic rings. The average molecular weight is 330 g/mol. The summed E-state index contributed by atoms with van der Waals surface area (Å²) in [4.78, 5) is 41.4. The molecule has 2 aliphatic rings. The van der Waals surface area contributed by atoms with E-state index in [2.05, 4.69) is 4.98 Å². The van der Waals surface area contributed by atoms with E-state index in [1.165, 1.54) is 17.0 Å². The van der Waals surface area contributed by atoms with Crippen molar-refractivity contribution >= 4 is 11.6 Å². The van der Waals surface area contributed by atoms with Gasteiger partial charge in [-0.3, -0.25) is 14.4 Å². The highest BCUT2D eigenvalue weighted by atomic mass is 16.3. The maximum atomic E-state index is 12.9. The Bertz CT molecular complexity index is 862. The second-order valence-electron chi connectivity index (χ2n) is 5.98. The van der Waals surface area contributed by atoms with Crippen molar-refractivity contribution < 1.29 is 19.8 Å². The summed E-state index contributed by atoms with van der Waals surface area (Å²) < 4.78 is 0. The van der Waals surface area contributed by atoms with Crippen LogP contribution >= 0.6 is 0 Å². The summed E-state index contributed by atoms with van der Waals surface area (Å²) in [6.45, 7) is 3.39. The molecule has 0 aromatic carbocycles. The van der Waals surface area contributed by atoms with E-state index in [0.29, 0.717) is 17.6 Å². The van der Waals surface area contributed by atoms with Crippen LogP contribution in [0.25, 0.3) is 0 Å². The van der Waals surface area contributed by atoms with Crippen LogP contribution in [0.15, 0.2) is 33.8 Å². The van der Waals surface area contributed by atoms with Crippen molar-refractivity contribution in [2.75, 3.05) is 13.2 Å². The first kappa shape index (κ1) is 16.4. The number of allylic oxidation sites excluding steroid dienone is 3. The topological polar surface area (TPSA) is 111 Å². The van der Waals surface area contributed by atoms with Gasteiger partial charge < -0.3 is 20.1 Å². The van der Waals surface area contributed by atoms with Crippen molar-refractivity contribution in [2.24, 2.45) is 0 Å². The van der Waals surface area contributed by atoms with E-state index in [1.54, 1.807) is 13.8 Å². The average Bonchev–Trinajstić information content (AvgIpc) is 2.50. The van der Waals surface area contributed by atoms with E-state index in [4.69, 9.17) is 5.11 Å². The van der Waals surface area contributed by atoms with Crippen molar-refractivity contribution in [1.82, 2.24) is 9.88 Å². The molecule has 24 heavy (non-hydrogen) atoms. The van der Waals surface area contributed by atoms with Crippen LogP contribution in [0.4, 0.5) is 0 Å². The molecule has 1 aliphatic carbocycles. The lowest BCUT2D eigenvalue weighted by Gasteiger charge is -2.37. The van der Waals surface area contributed by atoms with E-state index >= 15 is 0 Å². The quantitative estimate of drug-likeness (QED) is 0.734. The Hall–Kier alpha value is -2.51. The Labute approximate surface area is 137 Å². The smallest absolute Gasteiger partial charge is 0.248 e. The van der Waals surface area contributed by atoms with Gasteiger partial charge in [0.25, 0.3) is 0 Å². The predicted molar refractivity (Wildman–Crippen MR) is 85.7 cm³/mol. The van der Waals surface area contributed by atoms with E-state index in [0.717, 1.165) is 0 Å². The molecule has 1 aliphatic heterocycles. The van der Waals surface area contributed by atoms with Gasteiger partial charge in [0.1, 0.15) is 17.6 Å². The third-order valence-corrected chi connectivity index (χ3v) is 4.33. The molecule has 0 bridgehead atoms. The molecule has 0 amide bonds. The number of aromatic nitrogens is 1. The van der Waals surface area contributed by atoms with E-state index in [-0.39, 0.29) is 41.5 Å². The highest BCUT2D eigenvalue weighted by molar-refractivity contribution is 6.28. The third kappa shape index (κ3) is 2.33. The molecule has 0 fully saturated rings. The lowest BCUT2D eigenvalue weighted by atomic mass is 9.82. The molecule has 2 heterocycles. The fourth-order valence-electron chi connectivity index (χ4n) is 3.27. The summed E-state index contributed by atoms with van der Waals surface area (Å²) in [7, 11) is 0. The maximum Gasteiger partial charge on any atom is 0.248 e. The number of fused-ring (bicyclic) bond motifs is 1. The Morgan fingerprint density at radius 3 is 2.58 bits per heavy atom. The summed E-state index contributed by atoms with van der Waals surface area (Å²) in [6.07, 6.45) is 0.775. The van der Waals surface area contributed by atoms with Gasteiger partial charge in [-0.05, 0) is 37.5 Å². The van der Waals surface area contributed by atoms with Crippen LogP contribution in [0.3, 0.4) is 0 Å². The largest absolute Gasteiger partial charge is 0.396 e. The summed E-state index contributed by atoms with van der Waals surface area (Å²) in [5, 5.41) is 19.3. The van der Waals surface area contributed by atoms with Crippen LogP contribution in [0, 0.1) is 6.92 Å². The lowest BCUT2D eigenvalue weighted by Crippen LogP contribution is -2.44. The lowest BCUT2D eigenvalue weighted by molar-refractivity contribution is 0.0517. The molecule has 3 N–H and O–H groups in total. The number of aliphatic hydroxyl groups is 2. The molecule has 0 saturated heterocycles. The van der Waals surface area contributed by atoms with Gasteiger partial charge in [0.05, 0.1) is 11.1 Å². The number of H-pyrrole nitrogens is 1. The molecule has 0 spiro atoms. The number of hydrogen-bond acceptors (Lipinski definition) is 6. The van der Waals surface area contributed by atoms with Gasteiger partial charge in [-0.2, -0.15) is 0 Å². The summed E-state index contributed by atoms with van der Waals surface area (Å²) in [5.74, 6) is -0.840. The zero-order chi connectivity index (χ0) is 17.6. The minimum atomic E-state index is -1.06. The second kappa shape index (κ2) is 5.85. The monoisotopic (exact) mass is 330 g/mol. The number of nitrogens with zero attached hydrogens (tertiary/aromatic N) is 1. The van der Waals surface area contributed by atoms with Crippen molar-refractivity contribution in [3.63, 3.8) is 0 Å². The molecule has 7 nitrogen and oxygen atoms in total. The van der Waals surface area contributed by atoms with Crippen LogP contribution in [0.5, 0.6) is 0 Å². The van der Waals surface area contributed by atoms with Crippen molar-refractivity contribution in [3.8, 4) is 0 Å². The highest BCUT2D eigenvalue weighted by Crippen LogP contribution is 2.36. The highest BCUT2D eigenvalue weighted by Gasteiger charge is 2.40. The number of nitrogens with one attached hydrogen (secondary N) is 1. The predicted octanol–water partition coefficient (Wildman–Crippen LogP) is 0.279. The number of aliphatic hydroxyl groups excluding tert-OH is 2.